The van der Waals surface area contributed by atoms with Gasteiger partial charge in [0.2, 0.25) is 10.0 Å². The largest absolute Gasteiger partial charge is 0.379 e. The van der Waals surface area contributed by atoms with Gasteiger partial charge in [-0.05, 0) is 24.2 Å². The van der Waals surface area contributed by atoms with Crippen LogP contribution in [0.5, 0.6) is 0 Å². The fourth-order valence-corrected chi connectivity index (χ4v) is 3.39. The molecule has 0 aromatic heterocycles. The summed E-state index contributed by atoms with van der Waals surface area (Å²) in [6, 6.07) is 7.07. The molecule has 1 fully saturated rings. The third-order valence-corrected chi connectivity index (χ3v) is 5.02. The summed E-state index contributed by atoms with van der Waals surface area (Å²) < 4.78 is 31.4. The molecule has 1 aromatic rings. The van der Waals surface area contributed by atoms with Crippen LogP contribution in [0, 0.1) is 0 Å². The molecule has 1 aromatic carbocycles. The van der Waals surface area contributed by atoms with Crippen LogP contribution in [0.1, 0.15) is 12.5 Å². The van der Waals surface area contributed by atoms with Gasteiger partial charge in [0.1, 0.15) is 0 Å². The molecular weight excluding hydrogens is 264 g/mol. The number of morpholine rings is 1. The predicted octanol–water partition coefficient (Wildman–Crippen LogP) is 0.817. The first kappa shape index (κ1) is 14.5. The molecule has 0 amide bonds. The molecule has 2 rings (SSSR count). The first-order valence-electron chi connectivity index (χ1n) is 6.52. The molecule has 19 heavy (non-hydrogen) atoms. The summed E-state index contributed by atoms with van der Waals surface area (Å²) >= 11 is 0. The Labute approximate surface area is 114 Å². The van der Waals surface area contributed by atoms with Gasteiger partial charge < -0.3 is 10.1 Å². The normalized spacial score (nSPS) is 17.5. The Morgan fingerprint density at radius 3 is 2.42 bits per heavy atom. The van der Waals surface area contributed by atoms with Crippen LogP contribution in [-0.2, 0) is 21.3 Å². The van der Waals surface area contributed by atoms with E-state index >= 15 is 0 Å². The number of nitrogens with one attached hydrogen (secondary N) is 1. The molecule has 0 atom stereocenters. The zero-order valence-electron chi connectivity index (χ0n) is 11.1. The van der Waals surface area contributed by atoms with Crippen molar-refractivity contribution in [3.63, 3.8) is 0 Å². The summed E-state index contributed by atoms with van der Waals surface area (Å²) in [5, 5.41) is 3.21. The number of benzene rings is 1. The molecule has 0 bridgehead atoms. The quantitative estimate of drug-likeness (QED) is 0.869. The van der Waals surface area contributed by atoms with E-state index in [1.807, 2.05) is 19.1 Å². The molecule has 0 saturated carbocycles. The van der Waals surface area contributed by atoms with Crippen LogP contribution in [-0.4, -0.2) is 45.6 Å². The lowest BCUT2D eigenvalue weighted by atomic mass is 10.2. The van der Waals surface area contributed by atoms with Crippen LogP contribution < -0.4 is 5.32 Å². The van der Waals surface area contributed by atoms with Crippen molar-refractivity contribution in [3.05, 3.63) is 29.8 Å². The smallest absolute Gasteiger partial charge is 0.243 e. The minimum absolute atomic E-state index is 0.356. The van der Waals surface area contributed by atoms with Gasteiger partial charge in [0, 0.05) is 19.6 Å². The lowest BCUT2D eigenvalue weighted by molar-refractivity contribution is 0.0730. The number of sulfonamides is 1. The van der Waals surface area contributed by atoms with Gasteiger partial charge in [0.05, 0.1) is 18.1 Å². The van der Waals surface area contributed by atoms with Crippen LogP contribution in [0.2, 0.25) is 0 Å². The average Bonchev–Trinajstić information content (AvgIpc) is 2.46. The molecule has 1 aliphatic rings. The molecule has 1 N–H and O–H groups in total. The molecule has 0 unspecified atom stereocenters. The Bertz CT molecular complexity index is 493. The molecule has 106 valence electrons. The summed E-state index contributed by atoms with van der Waals surface area (Å²) in [6.45, 7) is 5.50. The summed E-state index contributed by atoms with van der Waals surface area (Å²) in [5.41, 5.74) is 1.09. The first-order chi connectivity index (χ1) is 9.14. The van der Waals surface area contributed by atoms with Crippen molar-refractivity contribution in [2.45, 2.75) is 18.4 Å². The number of hydrogen-bond acceptors (Lipinski definition) is 4. The van der Waals surface area contributed by atoms with E-state index in [-0.39, 0.29) is 0 Å². The third-order valence-electron chi connectivity index (χ3n) is 3.11. The van der Waals surface area contributed by atoms with E-state index < -0.39 is 10.0 Å². The van der Waals surface area contributed by atoms with E-state index in [1.165, 1.54) is 4.31 Å². The van der Waals surface area contributed by atoms with Crippen LogP contribution in [0.4, 0.5) is 0 Å². The van der Waals surface area contributed by atoms with Crippen molar-refractivity contribution in [1.29, 1.82) is 0 Å². The van der Waals surface area contributed by atoms with Crippen molar-refractivity contribution in [3.8, 4) is 0 Å². The van der Waals surface area contributed by atoms with Gasteiger partial charge >= 0.3 is 0 Å². The Kier molecular flexibility index (Phi) is 4.93. The van der Waals surface area contributed by atoms with Crippen molar-refractivity contribution >= 4 is 10.0 Å². The maximum atomic E-state index is 12.4. The highest BCUT2D eigenvalue weighted by molar-refractivity contribution is 7.89. The molecule has 0 aliphatic carbocycles. The van der Waals surface area contributed by atoms with Gasteiger partial charge in [0.25, 0.3) is 0 Å². The fraction of sp³-hybridized carbons (Fsp3) is 0.538. The van der Waals surface area contributed by atoms with E-state index in [1.54, 1.807) is 12.1 Å². The number of nitrogens with zero attached hydrogens (tertiary/aromatic N) is 1. The fourth-order valence-electron chi connectivity index (χ4n) is 1.98. The second-order valence-corrected chi connectivity index (χ2v) is 6.38. The topological polar surface area (TPSA) is 58.6 Å². The van der Waals surface area contributed by atoms with E-state index in [9.17, 15) is 8.42 Å². The van der Waals surface area contributed by atoms with E-state index in [4.69, 9.17) is 4.74 Å². The standard InChI is InChI=1S/C13H20N2O3S/c1-2-14-11-12-3-5-13(6-4-12)19(16,17)15-7-9-18-10-8-15/h3-6,14H,2,7-11H2,1H3. The molecule has 1 saturated heterocycles. The Morgan fingerprint density at radius 1 is 1.21 bits per heavy atom. The second kappa shape index (κ2) is 6.47. The number of hydrogen-bond donors (Lipinski definition) is 1. The SMILES string of the molecule is CCNCc1ccc(S(=O)(=O)N2CCOCC2)cc1. The molecule has 1 aliphatic heterocycles. The molecule has 6 heteroatoms. The van der Waals surface area contributed by atoms with Gasteiger partial charge in [-0.1, -0.05) is 19.1 Å². The molecular formula is C13H20N2O3S. The highest BCUT2D eigenvalue weighted by Crippen LogP contribution is 2.17. The van der Waals surface area contributed by atoms with Gasteiger partial charge in [-0.3, -0.25) is 0 Å². The van der Waals surface area contributed by atoms with Crippen molar-refractivity contribution in [2.24, 2.45) is 0 Å². The number of rotatable bonds is 5. The Balaban J connectivity index is 2.11. The average molecular weight is 284 g/mol. The molecule has 0 radical (unpaired) electrons. The zero-order valence-corrected chi connectivity index (χ0v) is 11.9. The summed E-state index contributed by atoms with van der Waals surface area (Å²) in [4.78, 5) is 0.356. The van der Waals surface area contributed by atoms with Crippen LogP contribution >= 0.6 is 0 Å². The zero-order chi connectivity index (χ0) is 13.7. The first-order valence-corrected chi connectivity index (χ1v) is 7.96. The third kappa shape index (κ3) is 3.54. The number of ether oxygens (including phenoxy) is 1. The van der Waals surface area contributed by atoms with Gasteiger partial charge in [-0.25, -0.2) is 8.42 Å². The van der Waals surface area contributed by atoms with Crippen LogP contribution in [0.25, 0.3) is 0 Å². The maximum absolute atomic E-state index is 12.4. The van der Waals surface area contributed by atoms with E-state index in [0.717, 1.165) is 18.7 Å². The lowest BCUT2D eigenvalue weighted by Crippen LogP contribution is -2.40. The van der Waals surface area contributed by atoms with Crippen molar-refractivity contribution < 1.29 is 13.2 Å². The molecule has 5 nitrogen and oxygen atoms in total. The van der Waals surface area contributed by atoms with Crippen LogP contribution in [0.15, 0.2) is 29.2 Å². The Morgan fingerprint density at radius 2 is 1.84 bits per heavy atom. The Hall–Kier alpha value is -0.950. The molecule has 0 spiro atoms. The van der Waals surface area contributed by atoms with Crippen molar-refractivity contribution in [2.75, 3.05) is 32.8 Å². The lowest BCUT2D eigenvalue weighted by Gasteiger charge is -2.26. The van der Waals surface area contributed by atoms with E-state index in [2.05, 4.69) is 5.32 Å². The van der Waals surface area contributed by atoms with Gasteiger partial charge in [-0.15, -0.1) is 0 Å². The van der Waals surface area contributed by atoms with E-state index in [0.29, 0.717) is 31.2 Å². The highest BCUT2D eigenvalue weighted by atomic mass is 32.2. The molecule has 1 heterocycles. The summed E-state index contributed by atoms with van der Waals surface area (Å²) in [7, 11) is -3.37. The maximum Gasteiger partial charge on any atom is 0.243 e. The monoisotopic (exact) mass is 284 g/mol. The highest BCUT2D eigenvalue weighted by Gasteiger charge is 2.25. The predicted molar refractivity (Wildman–Crippen MR) is 73.4 cm³/mol. The van der Waals surface area contributed by atoms with Gasteiger partial charge in [0.15, 0.2) is 0 Å². The summed E-state index contributed by atoms with van der Waals surface area (Å²) in [5.74, 6) is 0. The van der Waals surface area contributed by atoms with Crippen molar-refractivity contribution in [1.82, 2.24) is 9.62 Å². The van der Waals surface area contributed by atoms with Gasteiger partial charge in [-0.2, -0.15) is 4.31 Å². The minimum atomic E-state index is -3.37. The summed E-state index contributed by atoms with van der Waals surface area (Å²) in [6.07, 6.45) is 0. The van der Waals surface area contributed by atoms with Crippen LogP contribution in [0.3, 0.4) is 0 Å². The second-order valence-electron chi connectivity index (χ2n) is 4.44. The minimum Gasteiger partial charge on any atom is -0.379 e.